The van der Waals surface area contributed by atoms with Crippen LogP contribution in [0.3, 0.4) is 0 Å². The van der Waals surface area contributed by atoms with E-state index in [2.05, 4.69) is 0 Å². The van der Waals surface area contributed by atoms with E-state index in [-0.39, 0.29) is 29.6 Å². The van der Waals surface area contributed by atoms with Crippen molar-refractivity contribution in [1.82, 2.24) is 9.13 Å². The van der Waals surface area contributed by atoms with Crippen LogP contribution in [0.5, 0.6) is 0 Å². The van der Waals surface area contributed by atoms with Crippen LogP contribution in [-0.4, -0.2) is 14.9 Å². The number of aromatic nitrogens is 2. The van der Waals surface area contributed by atoms with Crippen LogP contribution in [0.15, 0.2) is 39.9 Å². The average Bonchev–Trinajstić information content (AvgIpc) is 3.17. The van der Waals surface area contributed by atoms with Gasteiger partial charge in [0, 0.05) is 22.9 Å². The number of Topliss-reactive ketones (excluding diaryl/α,β-unsaturated/α-hetero) is 1. The number of carbonyl (C=O) groups excluding carboxylic acids is 1. The molecule has 0 radical (unpaired) electrons. The molecule has 0 atom stereocenters. The third kappa shape index (κ3) is 2.96. The van der Waals surface area contributed by atoms with Crippen LogP contribution in [0, 0.1) is 0 Å². The number of hydrogen-bond acceptors (Lipinski definition) is 3. The van der Waals surface area contributed by atoms with E-state index < -0.39 is 0 Å². The van der Waals surface area contributed by atoms with Crippen LogP contribution in [0.4, 0.5) is 0 Å². The largest absolute Gasteiger partial charge is 0.331 e. The molecule has 1 fully saturated rings. The van der Waals surface area contributed by atoms with Gasteiger partial charge in [-0.3, -0.25) is 18.7 Å². The van der Waals surface area contributed by atoms with Gasteiger partial charge in [0.25, 0.3) is 5.56 Å². The smallest absolute Gasteiger partial charge is 0.292 e. The van der Waals surface area contributed by atoms with Gasteiger partial charge < -0.3 is 0 Å². The molecule has 0 N–H and O–H groups in total. The van der Waals surface area contributed by atoms with Gasteiger partial charge in [-0.1, -0.05) is 49.6 Å². The lowest BCUT2D eigenvalue weighted by Gasteiger charge is -2.25. The lowest BCUT2D eigenvalue weighted by molar-refractivity contribution is 0.0968. The highest BCUT2D eigenvalue weighted by Crippen LogP contribution is 2.27. The van der Waals surface area contributed by atoms with Crippen molar-refractivity contribution in [3.8, 4) is 0 Å². The highest BCUT2D eigenvalue weighted by Gasteiger charge is 2.28. The molecular formula is C21H24N2O3. The van der Waals surface area contributed by atoms with Gasteiger partial charge in [0.15, 0.2) is 5.78 Å². The molecular weight excluding hydrogens is 328 g/mol. The van der Waals surface area contributed by atoms with Crippen molar-refractivity contribution >= 4 is 5.78 Å². The highest BCUT2D eigenvalue weighted by atomic mass is 16.2. The van der Waals surface area contributed by atoms with E-state index in [0.717, 1.165) is 49.8 Å². The van der Waals surface area contributed by atoms with E-state index in [1.165, 1.54) is 4.57 Å². The Balaban J connectivity index is 1.79. The molecule has 0 unspecified atom stereocenters. The standard InChI is InChI=1S/C21H24N2O3/c24-19(15-8-3-1-4-9-15)14-22-18-13-7-12-17(18)20(25)23(21(22)26)16-10-5-2-6-11-16/h1,3-4,8-9,16H,2,5-7,10-14H2. The molecule has 2 aromatic rings. The molecule has 0 aliphatic heterocycles. The number of hydrogen-bond donors (Lipinski definition) is 0. The zero-order chi connectivity index (χ0) is 18.1. The summed E-state index contributed by atoms with van der Waals surface area (Å²) in [6.45, 7) is 0.0121. The van der Waals surface area contributed by atoms with E-state index >= 15 is 0 Å². The molecule has 0 saturated heterocycles. The minimum absolute atomic E-state index is 0.0121. The van der Waals surface area contributed by atoms with E-state index in [1.54, 1.807) is 16.7 Å². The fourth-order valence-corrected chi connectivity index (χ4v) is 4.42. The first-order valence-corrected chi connectivity index (χ1v) is 9.62. The molecule has 1 aromatic carbocycles. The number of nitrogens with zero attached hydrogens (tertiary/aromatic N) is 2. The molecule has 2 aliphatic rings. The summed E-state index contributed by atoms with van der Waals surface area (Å²) < 4.78 is 3.04. The Morgan fingerprint density at radius 2 is 1.69 bits per heavy atom. The first-order valence-electron chi connectivity index (χ1n) is 9.62. The maximum Gasteiger partial charge on any atom is 0.331 e. The molecule has 2 aliphatic carbocycles. The first kappa shape index (κ1) is 17.0. The summed E-state index contributed by atoms with van der Waals surface area (Å²) in [6, 6.07) is 9.03. The minimum atomic E-state index is -0.299. The van der Waals surface area contributed by atoms with Crippen molar-refractivity contribution in [1.29, 1.82) is 0 Å². The van der Waals surface area contributed by atoms with E-state index in [0.29, 0.717) is 18.4 Å². The van der Waals surface area contributed by atoms with E-state index in [1.807, 2.05) is 18.2 Å². The SMILES string of the molecule is O=C(Cn1c2c(c(=O)n(C3CCCCC3)c1=O)CCC2)c1ccccc1. The summed E-state index contributed by atoms with van der Waals surface area (Å²) in [5, 5.41) is 0. The predicted octanol–water partition coefficient (Wildman–Crippen LogP) is 2.89. The zero-order valence-electron chi connectivity index (χ0n) is 14.9. The molecule has 4 rings (SSSR count). The van der Waals surface area contributed by atoms with E-state index in [9.17, 15) is 14.4 Å². The Morgan fingerprint density at radius 3 is 2.42 bits per heavy atom. The normalized spacial score (nSPS) is 17.2. The Labute approximate surface area is 152 Å². The van der Waals surface area contributed by atoms with Crippen molar-refractivity contribution < 1.29 is 4.79 Å². The Morgan fingerprint density at radius 1 is 0.962 bits per heavy atom. The van der Waals surface area contributed by atoms with Crippen molar-refractivity contribution in [2.75, 3.05) is 0 Å². The van der Waals surface area contributed by atoms with Gasteiger partial charge in [-0.15, -0.1) is 0 Å². The lowest BCUT2D eigenvalue weighted by Crippen LogP contribution is -2.45. The van der Waals surface area contributed by atoms with Crippen LogP contribution in [0.25, 0.3) is 0 Å². The maximum atomic E-state index is 13.2. The lowest BCUT2D eigenvalue weighted by atomic mass is 9.95. The van der Waals surface area contributed by atoms with Crippen LogP contribution in [0.1, 0.15) is 66.2 Å². The highest BCUT2D eigenvalue weighted by molar-refractivity contribution is 5.95. The number of carbonyl (C=O) groups is 1. The van der Waals surface area contributed by atoms with Gasteiger partial charge in [-0.2, -0.15) is 0 Å². The van der Waals surface area contributed by atoms with Crippen LogP contribution in [0.2, 0.25) is 0 Å². The second kappa shape index (κ2) is 7.06. The fraction of sp³-hybridized carbons (Fsp3) is 0.476. The molecule has 1 heterocycles. The molecule has 0 spiro atoms. The van der Waals surface area contributed by atoms with Crippen molar-refractivity contribution in [3.63, 3.8) is 0 Å². The molecule has 136 valence electrons. The van der Waals surface area contributed by atoms with Gasteiger partial charge in [0.05, 0.1) is 6.54 Å². The molecule has 5 nitrogen and oxygen atoms in total. The Hall–Kier alpha value is -2.43. The Kier molecular flexibility index (Phi) is 4.62. The van der Waals surface area contributed by atoms with Crippen molar-refractivity contribution in [2.24, 2.45) is 0 Å². The van der Waals surface area contributed by atoms with Gasteiger partial charge in [0.2, 0.25) is 0 Å². The average molecular weight is 352 g/mol. The van der Waals surface area contributed by atoms with E-state index in [4.69, 9.17) is 0 Å². The summed E-state index contributed by atoms with van der Waals surface area (Å²) in [6.07, 6.45) is 7.30. The molecule has 26 heavy (non-hydrogen) atoms. The quantitative estimate of drug-likeness (QED) is 0.795. The Bertz CT molecular complexity index is 934. The van der Waals surface area contributed by atoms with Gasteiger partial charge in [-0.25, -0.2) is 4.79 Å². The van der Waals surface area contributed by atoms with Gasteiger partial charge in [-0.05, 0) is 32.1 Å². The first-order chi connectivity index (χ1) is 12.7. The summed E-state index contributed by atoms with van der Waals surface area (Å²) in [7, 11) is 0. The molecule has 0 bridgehead atoms. The summed E-state index contributed by atoms with van der Waals surface area (Å²) in [4.78, 5) is 38.8. The second-order valence-corrected chi connectivity index (χ2v) is 7.40. The monoisotopic (exact) mass is 352 g/mol. The minimum Gasteiger partial charge on any atom is -0.292 e. The third-order valence-corrected chi connectivity index (χ3v) is 5.77. The summed E-state index contributed by atoms with van der Waals surface area (Å²) >= 11 is 0. The fourth-order valence-electron chi connectivity index (χ4n) is 4.42. The molecule has 5 heteroatoms. The third-order valence-electron chi connectivity index (χ3n) is 5.77. The predicted molar refractivity (Wildman–Crippen MR) is 99.9 cm³/mol. The number of rotatable bonds is 4. The maximum absolute atomic E-state index is 13.2. The molecule has 1 saturated carbocycles. The zero-order valence-corrected chi connectivity index (χ0v) is 14.9. The molecule has 0 amide bonds. The molecule has 1 aromatic heterocycles. The summed E-state index contributed by atoms with van der Waals surface area (Å²) in [5.74, 6) is -0.0874. The van der Waals surface area contributed by atoms with Crippen molar-refractivity contribution in [2.45, 2.75) is 64.0 Å². The van der Waals surface area contributed by atoms with Crippen LogP contribution >= 0.6 is 0 Å². The topological polar surface area (TPSA) is 61.1 Å². The van der Waals surface area contributed by atoms with Gasteiger partial charge in [0.1, 0.15) is 0 Å². The van der Waals surface area contributed by atoms with Crippen molar-refractivity contribution in [3.05, 3.63) is 68.0 Å². The number of fused-ring (bicyclic) bond motifs is 1. The van der Waals surface area contributed by atoms with Crippen LogP contribution < -0.4 is 11.2 Å². The number of ketones is 1. The summed E-state index contributed by atoms with van der Waals surface area (Å²) in [5.41, 5.74) is 1.71. The number of benzene rings is 1. The van der Waals surface area contributed by atoms with Crippen LogP contribution in [-0.2, 0) is 19.4 Å². The van der Waals surface area contributed by atoms with Gasteiger partial charge >= 0.3 is 5.69 Å². The second-order valence-electron chi connectivity index (χ2n) is 7.40.